The van der Waals surface area contributed by atoms with E-state index in [1.165, 1.54) is 18.3 Å². The Labute approximate surface area is 160 Å². The Balaban J connectivity index is 1.77. The quantitative estimate of drug-likeness (QED) is 0.303. The molecule has 11 heteroatoms. The molecule has 0 spiro atoms. The van der Waals surface area contributed by atoms with Crippen molar-refractivity contribution < 1.29 is 9.34 Å². The predicted octanol–water partition coefficient (Wildman–Crippen LogP) is 3.38. The molecular formula is C17H18N8O3. The molecule has 11 nitrogen and oxygen atoms in total. The van der Waals surface area contributed by atoms with Crippen molar-refractivity contribution in [3.8, 4) is 0 Å². The molecule has 0 radical (unpaired) electrons. The van der Waals surface area contributed by atoms with E-state index in [-0.39, 0.29) is 23.6 Å². The molecule has 1 aromatic carbocycles. The number of nitrogens with one attached hydrogen (secondary N) is 3. The van der Waals surface area contributed by atoms with E-state index < -0.39 is 4.92 Å². The summed E-state index contributed by atoms with van der Waals surface area (Å²) in [5, 5.41) is 20.8. The Hall–Kier alpha value is -4.02. The van der Waals surface area contributed by atoms with Gasteiger partial charge >= 0.3 is 5.88 Å². The van der Waals surface area contributed by atoms with Crippen LogP contribution in [-0.2, 0) is 0 Å². The van der Waals surface area contributed by atoms with Gasteiger partial charge in [-0.2, -0.15) is 20.1 Å². The van der Waals surface area contributed by atoms with Crippen molar-refractivity contribution in [2.45, 2.75) is 19.9 Å². The maximum absolute atomic E-state index is 10.6. The SMILES string of the molecule is CC(C)Nc1nc(N/N=C/c2ccc([N+](=O)[O-])o2)nc(Nc2ccccc2)n1. The molecule has 0 aliphatic carbocycles. The summed E-state index contributed by atoms with van der Waals surface area (Å²) in [5.74, 6) is 0.745. The van der Waals surface area contributed by atoms with E-state index >= 15 is 0 Å². The number of anilines is 4. The topological polar surface area (TPSA) is 143 Å². The molecule has 3 rings (SSSR count). The van der Waals surface area contributed by atoms with Crippen molar-refractivity contribution in [3.05, 3.63) is 58.3 Å². The Morgan fingerprint density at radius 2 is 1.79 bits per heavy atom. The van der Waals surface area contributed by atoms with E-state index in [2.05, 4.69) is 36.1 Å². The number of benzene rings is 1. The number of nitrogens with zero attached hydrogens (tertiary/aromatic N) is 5. The van der Waals surface area contributed by atoms with Crippen LogP contribution in [0.15, 0.2) is 52.0 Å². The highest BCUT2D eigenvalue weighted by atomic mass is 16.6. The van der Waals surface area contributed by atoms with Gasteiger partial charge < -0.3 is 15.1 Å². The summed E-state index contributed by atoms with van der Waals surface area (Å²) in [5.41, 5.74) is 3.49. The Morgan fingerprint density at radius 3 is 2.46 bits per heavy atom. The highest BCUT2D eigenvalue weighted by Gasteiger charge is 2.11. The molecule has 0 fully saturated rings. The highest BCUT2D eigenvalue weighted by molar-refractivity contribution is 5.76. The van der Waals surface area contributed by atoms with Crippen LogP contribution < -0.4 is 16.1 Å². The highest BCUT2D eigenvalue weighted by Crippen LogP contribution is 2.16. The first kappa shape index (κ1) is 18.8. The van der Waals surface area contributed by atoms with Crippen LogP contribution >= 0.6 is 0 Å². The summed E-state index contributed by atoms with van der Waals surface area (Å²) in [6.45, 7) is 3.92. The van der Waals surface area contributed by atoms with E-state index in [0.29, 0.717) is 11.9 Å². The van der Waals surface area contributed by atoms with Gasteiger partial charge in [-0.25, -0.2) is 5.43 Å². The number of hydrazone groups is 1. The Bertz CT molecular complexity index is 972. The molecule has 2 heterocycles. The molecular weight excluding hydrogens is 364 g/mol. The van der Waals surface area contributed by atoms with Crippen molar-refractivity contribution in [2.75, 3.05) is 16.1 Å². The van der Waals surface area contributed by atoms with Gasteiger partial charge in [0.05, 0.1) is 12.3 Å². The maximum Gasteiger partial charge on any atom is 0.433 e. The van der Waals surface area contributed by atoms with E-state index in [1.54, 1.807) is 0 Å². The zero-order valence-electron chi connectivity index (χ0n) is 15.2. The number of hydrogen-bond donors (Lipinski definition) is 3. The number of rotatable bonds is 8. The lowest BCUT2D eigenvalue weighted by atomic mass is 10.3. The van der Waals surface area contributed by atoms with Crippen molar-refractivity contribution in [1.82, 2.24) is 15.0 Å². The fraction of sp³-hybridized carbons (Fsp3) is 0.176. The van der Waals surface area contributed by atoms with Gasteiger partial charge in [-0.15, -0.1) is 0 Å². The molecule has 0 unspecified atom stereocenters. The van der Waals surface area contributed by atoms with Crippen LogP contribution in [-0.4, -0.2) is 32.1 Å². The van der Waals surface area contributed by atoms with Crippen LogP contribution in [0.3, 0.4) is 0 Å². The largest absolute Gasteiger partial charge is 0.433 e. The van der Waals surface area contributed by atoms with Gasteiger partial charge in [0.25, 0.3) is 0 Å². The van der Waals surface area contributed by atoms with Crippen LogP contribution in [0.25, 0.3) is 0 Å². The monoisotopic (exact) mass is 382 g/mol. The molecule has 0 amide bonds. The second-order valence-electron chi connectivity index (χ2n) is 5.90. The molecule has 3 aromatic rings. The summed E-state index contributed by atoms with van der Waals surface area (Å²) in [6, 6.07) is 12.3. The minimum atomic E-state index is -0.623. The van der Waals surface area contributed by atoms with Gasteiger partial charge in [-0.1, -0.05) is 18.2 Å². The van der Waals surface area contributed by atoms with Crippen molar-refractivity contribution in [2.24, 2.45) is 5.10 Å². The average Bonchev–Trinajstić information content (AvgIpc) is 3.11. The molecule has 0 aliphatic rings. The van der Waals surface area contributed by atoms with Crippen LogP contribution in [0.1, 0.15) is 19.6 Å². The molecule has 0 saturated heterocycles. The van der Waals surface area contributed by atoms with E-state index in [1.807, 2.05) is 44.2 Å². The van der Waals surface area contributed by atoms with Crippen LogP contribution in [0.5, 0.6) is 0 Å². The second kappa shape index (κ2) is 8.58. The molecule has 144 valence electrons. The fourth-order valence-corrected chi connectivity index (χ4v) is 2.12. The lowest BCUT2D eigenvalue weighted by Crippen LogP contribution is -2.15. The summed E-state index contributed by atoms with van der Waals surface area (Å²) < 4.78 is 5.00. The molecule has 0 bridgehead atoms. The minimum absolute atomic E-state index is 0.118. The van der Waals surface area contributed by atoms with Crippen LogP contribution in [0, 0.1) is 10.1 Å². The summed E-state index contributed by atoms with van der Waals surface area (Å²) in [7, 11) is 0. The molecule has 2 aromatic heterocycles. The Morgan fingerprint density at radius 1 is 1.07 bits per heavy atom. The van der Waals surface area contributed by atoms with Crippen molar-refractivity contribution in [1.29, 1.82) is 0 Å². The van der Waals surface area contributed by atoms with Crippen molar-refractivity contribution in [3.63, 3.8) is 0 Å². The predicted molar refractivity (Wildman–Crippen MR) is 105 cm³/mol. The third-order valence-corrected chi connectivity index (χ3v) is 3.23. The number of nitro groups is 1. The van der Waals surface area contributed by atoms with Gasteiger partial charge in [-0.3, -0.25) is 10.1 Å². The Kier molecular flexibility index (Phi) is 5.75. The van der Waals surface area contributed by atoms with E-state index in [0.717, 1.165) is 5.69 Å². The smallest absolute Gasteiger partial charge is 0.400 e. The van der Waals surface area contributed by atoms with Gasteiger partial charge in [0.1, 0.15) is 4.92 Å². The van der Waals surface area contributed by atoms with Gasteiger partial charge in [0.2, 0.25) is 17.8 Å². The third-order valence-electron chi connectivity index (χ3n) is 3.23. The first-order valence-corrected chi connectivity index (χ1v) is 8.37. The molecule has 0 aliphatic heterocycles. The van der Waals surface area contributed by atoms with Crippen LogP contribution in [0.4, 0.5) is 29.4 Å². The molecule has 0 atom stereocenters. The molecule has 3 N–H and O–H groups in total. The maximum atomic E-state index is 10.6. The van der Waals surface area contributed by atoms with Crippen LogP contribution in [0.2, 0.25) is 0 Å². The second-order valence-corrected chi connectivity index (χ2v) is 5.90. The normalized spacial score (nSPS) is 11.0. The number of furan rings is 1. The minimum Gasteiger partial charge on any atom is -0.400 e. The van der Waals surface area contributed by atoms with Crippen molar-refractivity contribution >= 4 is 35.6 Å². The van der Waals surface area contributed by atoms with Gasteiger partial charge in [0.15, 0.2) is 5.76 Å². The van der Waals surface area contributed by atoms with E-state index in [9.17, 15) is 10.1 Å². The van der Waals surface area contributed by atoms with Gasteiger partial charge in [0, 0.05) is 11.7 Å². The van der Waals surface area contributed by atoms with E-state index in [4.69, 9.17) is 4.42 Å². The van der Waals surface area contributed by atoms with Gasteiger partial charge in [-0.05, 0) is 32.0 Å². The fourth-order valence-electron chi connectivity index (χ4n) is 2.12. The molecule has 28 heavy (non-hydrogen) atoms. The zero-order chi connectivity index (χ0) is 19.9. The summed E-state index contributed by atoms with van der Waals surface area (Å²) in [4.78, 5) is 22.8. The number of aromatic nitrogens is 3. The number of para-hydroxylation sites is 1. The summed E-state index contributed by atoms with van der Waals surface area (Å²) in [6.07, 6.45) is 1.29. The molecule has 0 saturated carbocycles. The summed E-state index contributed by atoms with van der Waals surface area (Å²) >= 11 is 0. The zero-order valence-corrected chi connectivity index (χ0v) is 15.2. The first-order chi connectivity index (χ1) is 13.5. The average molecular weight is 382 g/mol. The lowest BCUT2D eigenvalue weighted by molar-refractivity contribution is -0.402. The lowest BCUT2D eigenvalue weighted by Gasteiger charge is -2.11. The number of hydrogen-bond acceptors (Lipinski definition) is 10. The third kappa shape index (κ3) is 5.24. The standard InChI is InChI=1S/C17H18N8O3/c1-11(2)19-15-21-16(20-12-6-4-3-5-7-12)23-17(22-15)24-18-10-13-8-9-14(28-13)25(26)27/h3-11H,1-2H3,(H3,19,20,21,22,23,24)/b18-10+. The first-order valence-electron chi connectivity index (χ1n) is 8.37.